The molecule has 0 atom stereocenters. The lowest BCUT2D eigenvalue weighted by Crippen LogP contribution is -1.81. The van der Waals surface area contributed by atoms with Crippen LogP contribution in [0.25, 0.3) is 0 Å². The minimum absolute atomic E-state index is 1.83. The van der Waals surface area contributed by atoms with Crippen LogP contribution in [0.4, 0.5) is 4.79 Å². The van der Waals surface area contributed by atoms with Crippen LogP contribution < -0.4 is 0 Å². The van der Waals surface area contributed by atoms with E-state index in [0.29, 0.717) is 0 Å². The Labute approximate surface area is 35.2 Å². The largest absolute Gasteiger partial charge is 0.503 e. The zero-order valence-corrected chi connectivity index (χ0v) is 2.96. The van der Waals surface area contributed by atoms with Crippen LogP contribution in [0.3, 0.4) is 0 Å². The SMILES string of the molecule is C#C.O=C(O)O. The second-order valence-corrected chi connectivity index (χ2v) is 0.283. The molecule has 0 fully saturated rings. The van der Waals surface area contributed by atoms with Gasteiger partial charge in [0.15, 0.2) is 0 Å². The fourth-order valence-electron chi connectivity index (χ4n) is 0. The number of carboxylic acid groups (broad SMARTS) is 2. The molecule has 3 heteroatoms. The number of hydrogen-bond donors (Lipinski definition) is 2. The molecule has 0 heterocycles. The Morgan fingerprint density at radius 1 is 1.33 bits per heavy atom. The normalized spacial score (nSPS) is 4.33. The lowest BCUT2D eigenvalue weighted by atomic mass is 11.4. The summed E-state index contributed by atoms with van der Waals surface area (Å²) in [6.45, 7) is 0. The highest BCUT2D eigenvalue weighted by Gasteiger charge is 1.70. The maximum Gasteiger partial charge on any atom is 0.503 e. The summed E-state index contributed by atoms with van der Waals surface area (Å²) in [7, 11) is 0. The van der Waals surface area contributed by atoms with E-state index in [-0.39, 0.29) is 0 Å². The first-order chi connectivity index (χ1) is 2.73. The van der Waals surface area contributed by atoms with E-state index in [0.717, 1.165) is 0 Å². The minimum Gasteiger partial charge on any atom is -0.450 e. The third-order valence-electron chi connectivity index (χ3n) is 0. The maximum atomic E-state index is 8.56. The zero-order chi connectivity index (χ0) is 5.58. The molecule has 0 unspecified atom stereocenters. The number of terminal acetylenes is 1. The van der Waals surface area contributed by atoms with Crippen molar-refractivity contribution in [2.24, 2.45) is 0 Å². The molecule has 0 spiro atoms. The van der Waals surface area contributed by atoms with Gasteiger partial charge in [0.1, 0.15) is 0 Å². The van der Waals surface area contributed by atoms with Crippen LogP contribution in [0.15, 0.2) is 0 Å². The van der Waals surface area contributed by atoms with Gasteiger partial charge in [-0.2, -0.15) is 0 Å². The Kier molecular flexibility index (Phi) is 13.5. The van der Waals surface area contributed by atoms with Gasteiger partial charge in [0.25, 0.3) is 0 Å². The summed E-state index contributed by atoms with van der Waals surface area (Å²) >= 11 is 0. The fraction of sp³-hybridized carbons (Fsp3) is 0. The molecule has 34 valence electrons. The molecule has 0 saturated carbocycles. The van der Waals surface area contributed by atoms with Crippen LogP contribution in [-0.4, -0.2) is 16.4 Å². The van der Waals surface area contributed by atoms with Crippen LogP contribution in [0.5, 0.6) is 0 Å². The first kappa shape index (κ1) is 8.85. The molecule has 0 aromatic rings. The van der Waals surface area contributed by atoms with Crippen molar-refractivity contribution in [1.82, 2.24) is 0 Å². The molecule has 0 aliphatic carbocycles. The van der Waals surface area contributed by atoms with E-state index in [2.05, 4.69) is 12.8 Å². The van der Waals surface area contributed by atoms with Gasteiger partial charge in [0.05, 0.1) is 0 Å². The molecule has 0 aromatic carbocycles. The maximum absolute atomic E-state index is 8.56. The highest BCUT2D eigenvalue weighted by Crippen LogP contribution is 1.42. The summed E-state index contributed by atoms with van der Waals surface area (Å²) in [6, 6.07) is 0. The van der Waals surface area contributed by atoms with Crippen molar-refractivity contribution in [3.63, 3.8) is 0 Å². The van der Waals surface area contributed by atoms with E-state index < -0.39 is 6.16 Å². The van der Waals surface area contributed by atoms with Crippen molar-refractivity contribution in [3.05, 3.63) is 0 Å². The van der Waals surface area contributed by atoms with E-state index in [1.165, 1.54) is 0 Å². The second kappa shape index (κ2) is 9.16. The first-order valence-electron chi connectivity index (χ1n) is 0.985. The predicted octanol–water partition coefficient (Wildman–Crippen LogP) is 0.472. The molecular weight excluding hydrogens is 84.0 g/mol. The third-order valence-corrected chi connectivity index (χ3v) is 0. The summed E-state index contributed by atoms with van der Waals surface area (Å²) in [5, 5.41) is 13.9. The van der Waals surface area contributed by atoms with Gasteiger partial charge in [-0.15, -0.1) is 12.8 Å². The molecular formula is C3H4O3. The van der Waals surface area contributed by atoms with E-state index in [4.69, 9.17) is 15.0 Å². The lowest BCUT2D eigenvalue weighted by Gasteiger charge is -1.60. The van der Waals surface area contributed by atoms with Crippen LogP contribution >= 0.6 is 0 Å². The van der Waals surface area contributed by atoms with E-state index >= 15 is 0 Å². The van der Waals surface area contributed by atoms with Crippen molar-refractivity contribution < 1.29 is 15.0 Å². The van der Waals surface area contributed by atoms with Crippen molar-refractivity contribution in [2.75, 3.05) is 0 Å². The van der Waals surface area contributed by atoms with Gasteiger partial charge in [0, 0.05) is 0 Å². The average molecular weight is 88.1 g/mol. The summed E-state index contributed by atoms with van der Waals surface area (Å²) in [6.07, 6.45) is 6.17. The predicted molar refractivity (Wildman–Crippen MR) is 20.5 cm³/mol. The molecule has 0 aromatic heterocycles. The summed E-state index contributed by atoms with van der Waals surface area (Å²) in [5.41, 5.74) is 0. The van der Waals surface area contributed by atoms with E-state index in [1.807, 2.05) is 0 Å². The van der Waals surface area contributed by atoms with Crippen LogP contribution in [-0.2, 0) is 0 Å². The fourth-order valence-corrected chi connectivity index (χ4v) is 0. The second-order valence-electron chi connectivity index (χ2n) is 0.283. The van der Waals surface area contributed by atoms with Crippen LogP contribution in [0.2, 0.25) is 0 Å². The summed E-state index contributed by atoms with van der Waals surface area (Å²) < 4.78 is 0. The standard InChI is InChI=1S/C2H2.CH2O3/c1-2;2-1(3)4/h1-2H;(H2,2,3,4). The molecule has 2 N–H and O–H groups in total. The molecule has 0 bridgehead atoms. The average Bonchev–Trinajstić information content (AvgIpc) is 1.41. The number of carbonyl (C=O) groups is 1. The monoisotopic (exact) mass is 88.0 g/mol. The molecule has 0 saturated heterocycles. The Bertz CT molecular complexity index is 50.3. The Balaban J connectivity index is 0. The van der Waals surface area contributed by atoms with E-state index in [1.54, 1.807) is 0 Å². The lowest BCUT2D eigenvalue weighted by molar-refractivity contribution is 0.137. The summed E-state index contributed by atoms with van der Waals surface area (Å²) in [4.78, 5) is 8.56. The zero-order valence-electron chi connectivity index (χ0n) is 2.96. The van der Waals surface area contributed by atoms with Crippen LogP contribution in [0.1, 0.15) is 0 Å². The van der Waals surface area contributed by atoms with Gasteiger partial charge >= 0.3 is 6.16 Å². The quantitative estimate of drug-likeness (QED) is 0.423. The van der Waals surface area contributed by atoms with Crippen molar-refractivity contribution in [1.29, 1.82) is 0 Å². The Hall–Kier alpha value is -1.17. The Morgan fingerprint density at radius 3 is 1.33 bits per heavy atom. The smallest absolute Gasteiger partial charge is 0.450 e. The van der Waals surface area contributed by atoms with Crippen LogP contribution in [0, 0.1) is 12.8 Å². The van der Waals surface area contributed by atoms with Gasteiger partial charge in [-0.25, -0.2) is 4.79 Å². The topological polar surface area (TPSA) is 57.5 Å². The highest BCUT2D eigenvalue weighted by molar-refractivity contribution is 5.53. The molecule has 0 aliphatic rings. The first-order valence-corrected chi connectivity index (χ1v) is 0.985. The van der Waals surface area contributed by atoms with E-state index in [9.17, 15) is 0 Å². The number of hydrogen-bond acceptors (Lipinski definition) is 1. The van der Waals surface area contributed by atoms with Gasteiger partial charge < -0.3 is 10.2 Å². The minimum atomic E-state index is -1.83. The molecule has 0 radical (unpaired) electrons. The molecule has 0 rings (SSSR count). The molecule has 0 aliphatic heterocycles. The van der Waals surface area contributed by atoms with Gasteiger partial charge in [0.2, 0.25) is 0 Å². The summed E-state index contributed by atoms with van der Waals surface area (Å²) in [5.74, 6) is 0. The van der Waals surface area contributed by atoms with Gasteiger partial charge in [-0.3, -0.25) is 0 Å². The van der Waals surface area contributed by atoms with Crippen molar-refractivity contribution in [2.45, 2.75) is 0 Å². The highest BCUT2D eigenvalue weighted by atomic mass is 16.6. The molecule has 0 amide bonds. The van der Waals surface area contributed by atoms with Crippen molar-refractivity contribution in [3.8, 4) is 12.8 Å². The Morgan fingerprint density at radius 2 is 1.33 bits per heavy atom. The third kappa shape index (κ3) is 6.92. The van der Waals surface area contributed by atoms with Crippen molar-refractivity contribution >= 4 is 6.16 Å². The van der Waals surface area contributed by atoms with Gasteiger partial charge in [-0.05, 0) is 0 Å². The molecule has 3 nitrogen and oxygen atoms in total. The number of rotatable bonds is 0. The molecule has 6 heavy (non-hydrogen) atoms. The van der Waals surface area contributed by atoms with Gasteiger partial charge in [-0.1, -0.05) is 0 Å².